The Bertz CT molecular complexity index is 614. The molecular weight excluding hydrogens is 240 g/mol. The molecule has 0 fully saturated rings. The second-order valence-electron chi connectivity index (χ2n) is 5.01. The number of aryl methyl sites for hydroxylation is 1. The molecule has 0 saturated carbocycles. The molecule has 5 nitrogen and oxygen atoms in total. The molecule has 2 heterocycles. The van der Waals surface area contributed by atoms with E-state index >= 15 is 0 Å². The highest BCUT2D eigenvalue weighted by Crippen LogP contribution is 2.13. The van der Waals surface area contributed by atoms with Crippen LogP contribution in [0.4, 0.5) is 0 Å². The minimum atomic E-state index is -0.198. The van der Waals surface area contributed by atoms with Crippen LogP contribution >= 0.6 is 0 Å². The Balaban J connectivity index is 1.84. The summed E-state index contributed by atoms with van der Waals surface area (Å²) in [5, 5.41) is 4.40. The van der Waals surface area contributed by atoms with E-state index in [1.54, 1.807) is 4.57 Å². The van der Waals surface area contributed by atoms with E-state index < -0.39 is 0 Å². The van der Waals surface area contributed by atoms with Gasteiger partial charge in [-0.1, -0.05) is 30.3 Å². The highest BCUT2D eigenvalue weighted by Gasteiger charge is 2.18. The maximum atomic E-state index is 12.2. The molecule has 19 heavy (non-hydrogen) atoms. The summed E-state index contributed by atoms with van der Waals surface area (Å²) in [4.78, 5) is 12.2. The van der Waals surface area contributed by atoms with Crippen molar-refractivity contribution >= 4 is 0 Å². The lowest BCUT2D eigenvalue weighted by molar-refractivity contribution is 0.498. The number of benzene rings is 1. The minimum absolute atomic E-state index is 0.0268. The van der Waals surface area contributed by atoms with Gasteiger partial charge in [0.1, 0.15) is 5.82 Å². The molecule has 3 rings (SSSR count). The molecule has 1 aromatic carbocycles. The van der Waals surface area contributed by atoms with Crippen molar-refractivity contribution in [1.29, 1.82) is 0 Å². The Morgan fingerprint density at radius 1 is 1.26 bits per heavy atom. The Morgan fingerprint density at radius 3 is 2.79 bits per heavy atom. The van der Waals surface area contributed by atoms with Gasteiger partial charge in [0, 0.05) is 19.0 Å². The zero-order valence-electron chi connectivity index (χ0n) is 10.8. The number of nitrogens with two attached hydrogens (primary N) is 1. The third-order valence-corrected chi connectivity index (χ3v) is 3.63. The van der Waals surface area contributed by atoms with Crippen molar-refractivity contribution in [1.82, 2.24) is 14.3 Å². The van der Waals surface area contributed by atoms with E-state index in [9.17, 15) is 4.79 Å². The summed E-state index contributed by atoms with van der Waals surface area (Å²) in [6, 6.07) is 9.62. The molecule has 1 unspecified atom stereocenters. The first-order valence-corrected chi connectivity index (χ1v) is 6.73. The number of rotatable bonds is 3. The molecule has 1 aliphatic heterocycles. The molecule has 2 N–H and O–H groups in total. The van der Waals surface area contributed by atoms with Crippen LogP contribution in [-0.4, -0.2) is 14.3 Å². The fraction of sp³-hybridized carbons (Fsp3) is 0.429. The largest absolute Gasteiger partial charge is 0.345 e. The third-order valence-electron chi connectivity index (χ3n) is 3.63. The zero-order valence-corrected chi connectivity index (χ0v) is 10.8. The van der Waals surface area contributed by atoms with Crippen LogP contribution in [0.5, 0.6) is 0 Å². The first-order chi connectivity index (χ1) is 9.25. The SMILES string of the molecule is NC(Cn1nc2n(c1=O)CCCC2)c1ccccc1. The maximum Gasteiger partial charge on any atom is 0.345 e. The van der Waals surface area contributed by atoms with Crippen LogP contribution in [0, 0.1) is 0 Å². The molecule has 0 amide bonds. The van der Waals surface area contributed by atoms with Gasteiger partial charge in [-0.05, 0) is 18.4 Å². The fourth-order valence-electron chi connectivity index (χ4n) is 2.56. The summed E-state index contributed by atoms with van der Waals surface area (Å²) in [6.45, 7) is 1.22. The summed E-state index contributed by atoms with van der Waals surface area (Å²) >= 11 is 0. The molecule has 5 heteroatoms. The van der Waals surface area contributed by atoms with Gasteiger partial charge in [0.2, 0.25) is 0 Å². The van der Waals surface area contributed by atoms with Crippen LogP contribution in [-0.2, 0) is 19.5 Å². The normalized spacial score (nSPS) is 16.1. The molecule has 100 valence electrons. The molecule has 1 atom stereocenters. The van der Waals surface area contributed by atoms with Gasteiger partial charge in [-0.3, -0.25) is 4.57 Å². The number of hydrogen-bond acceptors (Lipinski definition) is 3. The minimum Gasteiger partial charge on any atom is -0.322 e. The average molecular weight is 258 g/mol. The monoisotopic (exact) mass is 258 g/mol. The molecule has 1 aromatic heterocycles. The van der Waals surface area contributed by atoms with Gasteiger partial charge in [0.05, 0.1) is 6.54 Å². The number of nitrogens with zero attached hydrogens (tertiary/aromatic N) is 3. The molecule has 0 saturated heterocycles. The third kappa shape index (κ3) is 2.33. The van der Waals surface area contributed by atoms with Gasteiger partial charge >= 0.3 is 5.69 Å². The van der Waals surface area contributed by atoms with Crippen molar-refractivity contribution < 1.29 is 0 Å². The molecule has 2 aromatic rings. The Morgan fingerprint density at radius 2 is 2.05 bits per heavy atom. The van der Waals surface area contributed by atoms with Crippen molar-refractivity contribution in [3.05, 3.63) is 52.2 Å². The zero-order chi connectivity index (χ0) is 13.2. The van der Waals surface area contributed by atoms with Crippen LogP contribution < -0.4 is 11.4 Å². The van der Waals surface area contributed by atoms with Crippen molar-refractivity contribution in [3.8, 4) is 0 Å². The van der Waals surface area contributed by atoms with Crippen molar-refractivity contribution in [2.45, 2.75) is 38.4 Å². The van der Waals surface area contributed by atoms with Gasteiger partial charge in [0.25, 0.3) is 0 Å². The number of fused-ring (bicyclic) bond motifs is 1. The van der Waals surface area contributed by atoms with Crippen LogP contribution in [0.15, 0.2) is 35.1 Å². The lowest BCUT2D eigenvalue weighted by Crippen LogP contribution is -2.30. The first kappa shape index (κ1) is 12.2. The summed E-state index contributed by atoms with van der Waals surface area (Å²) < 4.78 is 3.29. The molecule has 0 spiro atoms. The Kier molecular flexibility index (Phi) is 3.21. The van der Waals surface area contributed by atoms with E-state index in [0.29, 0.717) is 6.54 Å². The van der Waals surface area contributed by atoms with Crippen LogP contribution in [0.25, 0.3) is 0 Å². The van der Waals surface area contributed by atoms with E-state index in [1.165, 1.54) is 4.68 Å². The lowest BCUT2D eigenvalue weighted by Gasteiger charge is -2.10. The van der Waals surface area contributed by atoms with Gasteiger partial charge in [0.15, 0.2) is 0 Å². The van der Waals surface area contributed by atoms with E-state index in [0.717, 1.165) is 37.2 Å². The first-order valence-electron chi connectivity index (χ1n) is 6.73. The average Bonchev–Trinajstić information content (AvgIpc) is 2.77. The molecular formula is C14H18N4O. The van der Waals surface area contributed by atoms with Crippen molar-refractivity contribution in [2.75, 3.05) is 0 Å². The number of hydrogen-bond donors (Lipinski definition) is 1. The predicted molar refractivity (Wildman–Crippen MR) is 72.8 cm³/mol. The summed E-state index contributed by atoms with van der Waals surface area (Å²) in [5.74, 6) is 0.900. The lowest BCUT2D eigenvalue weighted by atomic mass is 10.1. The molecule has 1 aliphatic rings. The van der Waals surface area contributed by atoms with E-state index in [1.807, 2.05) is 30.3 Å². The highest BCUT2D eigenvalue weighted by molar-refractivity contribution is 5.18. The molecule has 0 radical (unpaired) electrons. The Labute approximate surface area is 111 Å². The predicted octanol–water partition coefficient (Wildman–Crippen LogP) is 1.08. The molecule has 0 aliphatic carbocycles. The van der Waals surface area contributed by atoms with Gasteiger partial charge in [-0.25, -0.2) is 9.48 Å². The highest BCUT2D eigenvalue weighted by atomic mass is 16.2. The quantitative estimate of drug-likeness (QED) is 0.896. The van der Waals surface area contributed by atoms with Crippen molar-refractivity contribution in [3.63, 3.8) is 0 Å². The van der Waals surface area contributed by atoms with Gasteiger partial charge in [-0.2, -0.15) is 5.10 Å². The number of aromatic nitrogens is 3. The van der Waals surface area contributed by atoms with Gasteiger partial charge < -0.3 is 5.73 Å². The van der Waals surface area contributed by atoms with Gasteiger partial charge in [-0.15, -0.1) is 0 Å². The smallest absolute Gasteiger partial charge is 0.322 e. The second-order valence-corrected chi connectivity index (χ2v) is 5.01. The fourth-order valence-corrected chi connectivity index (χ4v) is 2.56. The van der Waals surface area contributed by atoms with Crippen LogP contribution in [0.2, 0.25) is 0 Å². The van der Waals surface area contributed by atoms with E-state index in [4.69, 9.17) is 5.73 Å². The summed E-state index contributed by atoms with van der Waals surface area (Å²) in [6.07, 6.45) is 3.06. The van der Waals surface area contributed by atoms with E-state index in [2.05, 4.69) is 5.10 Å². The van der Waals surface area contributed by atoms with Crippen LogP contribution in [0.3, 0.4) is 0 Å². The maximum absolute atomic E-state index is 12.2. The summed E-state index contributed by atoms with van der Waals surface area (Å²) in [7, 11) is 0. The summed E-state index contributed by atoms with van der Waals surface area (Å²) in [5.41, 5.74) is 7.15. The Hall–Kier alpha value is -1.88. The topological polar surface area (TPSA) is 65.8 Å². The van der Waals surface area contributed by atoms with E-state index in [-0.39, 0.29) is 11.7 Å². The van der Waals surface area contributed by atoms with Crippen LogP contribution in [0.1, 0.15) is 30.3 Å². The van der Waals surface area contributed by atoms with Crippen molar-refractivity contribution in [2.24, 2.45) is 5.73 Å². The standard InChI is InChI=1S/C14H18N4O/c15-12(11-6-2-1-3-7-11)10-18-14(19)17-9-5-4-8-13(17)16-18/h1-3,6-7,12H,4-5,8-10,15H2. The molecule has 0 bridgehead atoms. The second kappa shape index (κ2) is 5.01.